The molecule has 0 bridgehead atoms. The van der Waals surface area contributed by atoms with Crippen LogP contribution in [0.1, 0.15) is 34.6 Å². The molecule has 212 valence electrons. The zero-order chi connectivity index (χ0) is 29.1. The van der Waals surface area contributed by atoms with E-state index in [1.807, 2.05) is 48.2 Å². The lowest BCUT2D eigenvalue weighted by Gasteiger charge is -2.48. The molecule has 1 N–H and O–H groups in total. The lowest BCUT2D eigenvalue weighted by molar-refractivity contribution is -0.192. The summed E-state index contributed by atoms with van der Waals surface area (Å²) in [6.07, 6.45) is -0.619. The van der Waals surface area contributed by atoms with E-state index in [-0.39, 0.29) is 12.0 Å². The van der Waals surface area contributed by atoms with Gasteiger partial charge in [0.25, 0.3) is 5.91 Å². The summed E-state index contributed by atoms with van der Waals surface area (Å²) in [4.78, 5) is 42.3. The Hall–Kier alpha value is -4.49. The largest absolute Gasteiger partial charge is 0.490 e. The number of pyridine rings is 1. The molecule has 1 aromatic carbocycles. The molecule has 1 fully saturated rings. The van der Waals surface area contributed by atoms with Crippen LogP contribution in [0, 0.1) is 6.92 Å². The molecule has 0 unspecified atom stereocenters. The predicted molar refractivity (Wildman–Crippen MR) is 134 cm³/mol. The van der Waals surface area contributed by atoms with Crippen LogP contribution in [0.3, 0.4) is 0 Å². The van der Waals surface area contributed by atoms with E-state index in [9.17, 15) is 22.8 Å². The van der Waals surface area contributed by atoms with E-state index in [0.717, 1.165) is 17.0 Å². The minimum atomic E-state index is -5.08. The number of likely N-dealkylation sites (tertiary alicyclic amines) is 1. The van der Waals surface area contributed by atoms with Crippen molar-refractivity contribution in [1.29, 1.82) is 0 Å². The highest BCUT2D eigenvalue weighted by molar-refractivity contribution is 5.94. The smallest absolute Gasteiger partial charge is 0.475 e. The molecule has 40 heavy (non-hydrogen) atoms. The van der Waals surface area contributed by atoms with E-state index in [1.54, 1.807) is 17.3 Å². The summed E-state index contributed by atoms with van der Waals surface area (Å²) >= 11 is 0. The number of hydrogen-bond donors (Lipinski definition) is 1. The van der Waals surface area contributed by atoms with Crippen LogP contribution in [0.4, 0.5) is 18.0 Å². The third-order valence-electron chi connectivity index (χ3n) is 6.86. The quantitative estimate of drug-likeness (QED) is 0.504. The van der Waals surface area contributed by atoms with Crippen LogP contribution in [0.15, 0.2) is 48.8 Å². The standard InChI is InChI=1S/C24H26N6O3.C2HF3O2/c1-17-5-3-6-18(13-17)22(31)28-11-8-24(9-12-28)16-29(23(32)33-2)15-20-26-27-21(30(20)24)19-7-4-10-25-14-19;3-2(4,5)1(6)7/h3-7,10,13-14H,8-9,11-12,15-16H2,1-2H3;(H,6,7). The lowest BCUT2D eigenvalue weighted by atomic mass is 9.84. The topological polar surface area (TPSA) is 131 Å². The Kier molecular flexibility index (Phi) is 8.07. The van der Waals surface area contributed by atoms with Crippen molar-refractivity contribution in [2.75, 3.05) is 26.7 Å². The molecule has 4 heterocycles. The molecule has 11 nitrogen and oxygen atoms in total. The molecule has 0 atom stereocenters. The fraction of sp³-hybridized carbons (Fsp3) is 0.385. The van der Waals surface area contributed by atoms with E-state index < -0.39 is 17.7 Å². The zero-order valence-corrected chi connectivity index (χ0v) is 21.8. The second-order valence-corrected chi connectivity index (χ2v) is 9.53. The summed E-state index contributed by atoms with van der Waals surface area (Å²) in [6, 6.07) is 11.5. The highest BCUT2D eigenvalue weighted by Crippen LogP contribution is 2.39. The Labute approximate surface area is 227 Å². The molecule has 0 radical (unpaired) electrons. The van der Waals surface area contributed by atoms with Gasteiger partial charge >= 0.3 is 18.2 Å². The number of methoxy groups -OCH3 is 1. The summed E-state index contributed by atoms with van der Waals surface area (Å²) in [5.41, 5.74) is 2.21. The van der Waals surface area contributed by atoms with Gasteiger partial charge in [-0.3, -0.25) is 14.7 Å². The maximum absolute atomic E-state index is 13.1. The number of alkyl halides is 3. The number of fused-ring (bicyclic) bond motifs is 2. The number of carboxylic acid groups (broad SMARTS) is 1. The summed E-state index contributed by atoms with van der Waals surface area (Å²) < 4.78 is 38.9. The van der Waals surface area contributed by atoms with Crippen molar-refractivity contribution in [2.24, 2.45) is 0 Å². The number of aryl methyl sites for hydroxylation is 1. The highest BCUT2D eigenvalue weighted by Gasteiger charge is 2.46. The third kappa shape index (κ3) is 5.90. The minimum Gasteiger partial charge on any atom is -0.475 e. The van der Waals surface area contributed by atoms with E-state index in [0.29, 0.717) is 50.4 Å². The Bertz CT molecular complexity index is 1390. The van der Waals surface area contributed by atoms with Crippen molar-refractivity contribution in [3.8, 4) is 11.4 Å². The van der Waals surface area contributed by atoms with Crippen molar-refractivity contribution in [3.63, 3.8) is 0 Å². The summed E-state index contributed by atoms with van der Waals surface area (Å²) in [7, 11) is 1.39. The van der Waals surface area contributed by atoms with Crippen molar-refractivity contribution in [2.45, 2.75) is 38.0 Å². The molecule has 14 heteroatoms. The number of aromatic nitrogens is 4. The second-order valence-electron chi connectivity index (χ2n) is 9.53. The molecule has 0 saturated carbocycles. The maximum Gasteiger partial charge on any atom is 0.490 e. The molecule has 2 aliphatic heterocycles. The van der Waals surface area contributed by atoms with E-state index >= 15 is 0 Å². The van der Waals surface area contributed by atoms with Gasteiger partial charge in [-0.2, -0.15) is 13.2 Å². The second kappa shape index (κ2) is 11.3. The normalized spacial score (nSPS) is 16.0. The van der Waals surface area contributed by atoms with Gasteiger partial charge in [0.05, 0.1) is 19.2 Å². The Balaban J connectivity index is 0.000000470. The maximum atomic E-state index is 13.1. The Morgan fingerprint density at radius 3 is 2.33 bits per heavy atom. The fourth-order valence-corrected chi connectivity index (χ4v) is 4.98. The number of halogens is 3. The van der Waals surface area contributed by atoms with Gasteiger partial charge in [0.1, 0.15) is 0 Å². The number of piperidine rings is 1. The van der Waals surface area contributed by atoms with Crippen LogP contribution >= 0.6 is 0 Å². The fourth-order valence-electron chi connectivity index (χ4n) is 4.98. The number of rotatable bonds is 2. The first-order valence-electron chi connectivity index (χ1n) is 12.3. The molecule has 1 spiro atoms. The van der Waals surface area contributed by atoms with Gasteiger partial charge in [-0.05, 0) is 44.0 Å². The molecule has 5 rings (SSSR count). The summed E-state index contributed by atoms with van der Waals surface area (Å²) in [6.45, 7) is 3.94. The minimum absolute atomic E-state index is 0.0330. The number of benzene rings is 1. The average molecular weight is 561 g/mol. The Morgan fingerprint density at radius 2 is 1.75 bits per heavy atom. The predicted octanol–water partition coefficient (Wildman–Crippen LogP) is 3.50. The number of ether oxygens (including phenoxy) is 1. The van der Waals surface area contributed by atoms with Crippen LogP contribution in [0.2, 0.25) is 0 Å². The molecule has 2 amide bonds. The van der Waals surface area contributed by atoms with Crippen LogP contribution < -0.4 is 0 Å². The molecular formula is C26H27F3N6O5. The van der Waals surface area contributed by atoms with Gasteiger partial charge in [-0.25, -0.2) is 9.59 Å². The van der Waals surface area contributed by atoms with Gasteiger partial charge in [-0.15, -0.1) is 10.2 Å². The molecule has 2 aliphatic rings. The number of amides is 2. The molecule has 3 aromatic rings. The average Bonchev–Trinajstić information content (AvgIpc) is 3.38. The van der Waals surface area contributed by atoms with Gasteiger partial charge in [0, 0.05) is 43.2 Å². The first-order valence-corrected chi connectivity index (χ1v) is 12.3. The van der Waals surface area contributed by atoms with E-state index in [2.05, 4.69) is 19.7 Å². The van der Waals surface area contributed by atoms with Crippen LogP contribution in [-0.4, -0.2) is 85.5 Å². The molecule has 1 saturated heterocycles. The number of carboxylic acids is 1. The number of aliphatic carboxylic acids is 1. The molecular weight excluding hydrogens is 533 g/mol. The SMILES string of the molecule is COC(=O)N1Cc2nnc(-c3cccnc3)n2C2(CCN(C(=O)c3cccc(C)c3)CC2)C1.O=C(O)C(F)(F)F. The van der Waals surface area contributed by atoms with E-state index in [4.69, 9.17) is 14.6 Å². The molecule has 2 aromatic heterocycles. The van der Waals surface area contributed by atoms with Crippen molar-refractivity contribution < 1.29 is 37.4 Å². The van der Waals surface area contributed by atoms with Crippen LogP contribution in [0.25, 0.3) is 11.4 Å². The number of hydrogen-bond acceptors (Lipinski definition) is 7. The van der Waals surface area contributed by atoms with Gasteiger partial charge in [0.15, 0.2) is 11.6 Å². The van der Waals surface area contributed by atoms with Crippen molar-refractivity contribution in [3.05, 3.63) is 65.7 Å². The number of nitrogens with zero attached hydrogens (tertiary/aromatic N) is 6. The first-order chi connectivity index (χ1) is 18.9. The summed E-state index contributed by atoms with van der Waals surface area (Å²) in [5.74, 6) is -1.27. The highest BCUT2D eigenvalue weighted by atomic mass is 19.4. The van der Waals surface area contributed by atoms with Crippen molar-refractivity contribution >= 4 is 18.0 Å². The number of carbonyl (C=O) groups is 3. The lowest BCUT2D eigenvalue weighted by Crippen LogP contribution is -2.57. The summed E-state index contributed by atoms with van der Waals surface area (Å²) in [5, 5.41) is 16.0. The first kappa shape index (κ1) is 28.5. The van der Waals surface area contributed by atoms with Gasteiger partial charge in [-0.1, -0.05) is 17.7 Å². The van der Waals surface area contributed by atoms with Gasteiger partial charge < -0.3 is 19.3 Å². The zero-order valence-electron chi connectivity index (χ0n) is 21.8. The monoisotopic (exact) mass is 560 g/mol. The van der Waals surface area contributed by atoms with Crippen molar-refractivity contribution in [1.82, 2.24) is 29.5 Å². The molecule has 0 aliphatic carbocycles. The van der Waals surface area contributed by atoms with Gasteiger partial charge in [0.2, 0.25) is 0 Å². The van der Waals surface area contributed by atoms with Crippen LogP contribution in [0.5, 0.6) is 0 Å². The Morgan fingerprint density at radius 1 is 1.05 bits per heavy atom. The van der Waals surface area contributed by atoms with E-state index in [1.165, 1.54) is 7.11 Å². The van der Waals surface area contributed by atoms with Crippen LogP contribution in [-0.2, 0) is 21.6 Å². The third-order valence-corrected chi connectivity index (χ3v) is 6.86. The number of carbonyl (C=O) groups excluding carboxylic acids is 2.